The maximum absolute atomic E-state index is 12.0. The predicted molar refractivity (Wildman–Crippen MR) is 73.1 cm³/mol. The highest BCUT2D eigenvalue weighted by atomic mass is 16.7. The Morgan fingerprint density at radius 2 is 2.29 bits per heavy atom. The van der Waals surface area contributed by atoms with Gasteiger partial charge in [0.2, 0.25) is 6.79 Å². The van der Waals surface area contributed by atoms with Gasteiger partial charge in [-0.25, -0.2) is 4.98 Å². The monoisotopic (exact) mass is 289 g/mol. The summed E-state index contributed by atoms with van der Waals surface area (Å²) in [4.78, 5) is 20.6. The van der Waals surface area contributed by atoms with E-state index in [4.69, 9.17) is 14.2 Å². The number of hydrogen-bond acceptors (Lipinski definition) is 5. The summed E-state index contributed by atoms with van der Waals surface area (Å²) in [6.45, 7) is 0.580. The van der Waals surface area contributed by atoms with Crippen molar-refractivity contribution >= 4 is 5.91 Å². The minimum absolute atomic E-state index is 0.0448. The zero-order chi connectivity index (χ0) is 14.7. The van der Waals surface area contributed by atoms with Crippen LogP contribution >= 0.6 is 0 Å². The Bertz CT molecular complexity index is 627. The molecule has 7 nitrogen and oxygen atoms in total. The van der Waals surface area contributed by atoms with E-state index in [9.17, 15) is 4.79 Å². The predicted octanol–water partition coefficient (Wildman–Crippen LogP) is 1.18. The Hall–Kier alpha value is -2.70. The Morgan fingerprint density at radius 3 is 3.10 bits per heavy atom. The molecule has 1 N–H and O–H groups in total. The Kier molecular flexibility index (Phi) is 3.63. The molecule has 1 aliphatic rings. The molecule has 0 aliphatic carbocycles. The summed E-state index contributed by atoms with van der Waals surface area (Å²) in [6, 6.07) is 5.21. The lowest BCUT2D eigenvalue weighted by Crippen LogP contribution is -2.31. The molecular weight excluding hydrogens is 274 g/mol. The maximum atomic E-state index is 12.0. The Labute approximate surface area is 121 Å². The first kappa shape index (κ1) is 13.3. The van der Waals surface area contributed by atoms with Gasteiger partial charge in [-0.3, -0.25) is 4.79 Å². The lowest BCUT2D eigenvalue weighted by atomic mass is 10.3. The number of likely N-dealkylation sites (N-methyl/N-ethyl adjacent to an activating group) is 1. The summed E-state index contributed by atoms with van der Waals surface area (Å²) in [5, 5.41) is 0. The van der Waals surface area contributed by atoms with Crippen molar-refractivity contribution in [3.8, 4) is 17.2 Å². The summed E-state index contributed by atoms with van der Waals surface area (Å²) in [6.07, 6.45) is 3.37. The molecule has 110 valence electrons. The van der Waals surface area contributed by atoms with Crippen LogP contribution in [0.15, 0.2) is 30.6 Å². The number of rotatable bonds is 5. The second-order valence-electron chi connectivity index (χ2n) is 4.59. The van der Waals surface area contributed by atoms with Gasteiger partial charge in [0.25, 0.3) is 5.91 Å². The average Bonchev–Trinajstić information content (AvgIpc) is 3.14. The van der Waals surface area contributed by atoms with Gasteiger partial charge in [0.15, 0.2) is 18.1 Å². The van der Waals surface area contributed by atoms with Gasteiger partial charge in [0.1, 0.15) is 11.6 Å². The van der Waals surface area contributed by atoms with Crippen LogP contribution in [0.25, 0.3) is 0 Å². The molecule has 0 bridgehead atoms. The van der Waals surface area contributed by atoms with Crippen LogP contribution < -0.4 is 14.2 Å². The van der Waals surface area contributed by atoms with Crippen molar-refractivity contribution in [1.29, 1.82) is 0 Å². The Balaban J connectivity index is 1.53. The third-order valence-corrected chi connectivity index (χ3v) is 3.07. The van der Waals surface area contributed by atoms with E-state index in [1.807, 2.05) is 0 Å². The van der Waals surface area contributed by atoms with E-state index in [-0.39, 0.29) is 19.3 Å². The van der Waals surface area contributed by atoms with Crippen molar-refractivity contribution < 1.29 is 19.0 Å². The standard InChI is InChI=1S/C14H15N3O4/c1-17(7-13-15-4-5-16-13)14(18)8-19-10-2-3-11-12(6-10)21-9-20-11/h2-6H,7-9H2,1H3,(H,15,16). The van der Waals surface area contributed by atoms with Gasteiger partial charge in [-0.15, -0.1) is 0 Å². The van der Waals surface area contributed by atoms with Crippen LogP contribution in [0.5, 0.6) is 17.2 Å². The molecule has 1 amide bonds. The number of nitrogens with one attached hydrogen (secondary N) is 1. The number of aromatic amines is 1. The third-order valence-electron chi connectivity index (χ3n) is 3.07. The number of H-pyrrole nitrogens is 1. The number of amides is 1. The van der Waals surface area contributed by atoms with Crippen LogP contribution in [-0.2, 0) is 11.3 Å². The number of carbonyl (C=O) groups is 1. The van der Waals surface area contributed by atoms with E-state index < -0.39 is 0 Å². The molecular formula is C14H15N3O4. The van der Waals surface area contributed by atoms with E-state index in [0.717, 1.165) is 5.82 Å². The minimum Gasteiger partial charge on any atom is -0.484 e. The molecule has 0 fully saturated rings. The first-order chi connectivity index (χ1) is 10.2. The van der Waals surface area contributed by atoms with Gasteiger partial charge in [-0.2, -0.15) is 0 Å². The second kappa shape index (κ2) is 5.74. The van der Waals surface area contributed by atoms with Gasteiger partial charge < -0.3 is 24.1 Å². The lowest BCUT2D eigenvalue weighted by Gasteiger charge is -2.16. The number of imidazole rings is 1. The van der Waals surface area contributed by atoms with Crippen molar-refractivity contribution in [3.63, 3.8) is 0 Å². The molecule has 1 aliphatic heterocycles. The Morgan fingerprint density at radius 1 is 1.43 bits per heavy atom. The number of carbonyl (C=O) groups excluding carboxylic acids is 1. The maximum Gasteiger partial charge on any atom is 0.260 e. The van der Waals surface area contributed by atoms with Crippen molar-refractivity contribution in [2.45, 2.75) is 6.54 Å². The molecule has 0 radical (unpaired) electrons. The zero-order valence-corrected chi connectivity index (χ0v) is 11.5. The molecule has 0 saturated carbocycles. The topological polar surface area (TPSA) is 76.7 Å². The SMILES string of the molecule is CN(Cc1ncc[nH]1)C(=O)COc1ccc2c(c1)OCO2. The number of benzene rings is 1. The van der Waals surface area contributed by atoms with E-state index >= 15 is 0 Å². The molecule has 1 aromatic carbocycles. The smallest absolute Gasteiger partial charge is 0.260 e. The van der Waals surface area contributed by atoms with Crippen LogP contribution in [-0.4, -0.2) is 41.2 Å². The van der Waals surface area contributed by atoms with Crippen molar-refractivity contribution in [2.24, 2.45) is 0 Å². The molecule has 21 heavy (non-hydrogen) atoms. The first-order valence-electron chi connectivity index (χ1n) is 6.47. The molecule has 2 heterocycles. The average molecular weight is 289 g/mol. The molecule has 0 spiro atoms. The minimum atomic E-state index is -0.135. The normalized spacial score (nSPS) is 12.2. The summed E-state index contributed by atoms with van der Waals surface area (Å²) >= 11 is 0. The van der Waals surface area contributed by atoms with Crippen molar-refractivity contribution in [3.05, 3.63) is 36.4 Å². The fraction of sp³-hybridized carbons (Fsp3) is 0.286. The largest absolute Gasteiger partial charge is 0.484 e. The van der Waals surface area contributed by atoms with E-state index in [2.05, 4.69) is 9.97 Å². The van der Waals surface area contributed by atoms with Gasteiger partial charge in [0, 0.05) is 25.5 Å². The van der Waals surface area contributed by atoms with Gasteiger partial charge in [0.05, 0.1) is 6.54 Å². The summed E-state index contributed by atoms with van der Waals surface area (Å²) < 4.78 is 15.9. The van der Waals surface area contributed by atoms with Crippen LogP contribution in [0.4, 0.5) is 0 Å². The molecule has 0 saturated heterocycles. The molecule has 0 atom stereocenters. The molecule has 3 rings (SSSR count). The molecule has 1 aromatic heterocycles. The summed E-state index contributed by atoms with van der Waals surface area (Å²) in [7, 11) is 1.70. The van der Waals surface area contributed by atoms with E-state index in [1.165, 1.54) is 0 Å². The summed E-state index contributed by atoms with van der Waals surface area (Å²) in [5.74, 6) is 2.48. The second-order valence-corrected chi connectivity index (χ2v) is 4.59. The number of ether oxygens (including phenoxy) is 3. The number of nitrogens with zero attached hydrogens (tertiary/aromatic N) is 2. The van der Waals surface area contributed by atoms with Gasteiger partial charge in [-0.05, 0) is 12.1 Å². The highest BCUT2D eigenvalue weighted by Crippen LogP contribution is 2.35. The fourth-order valence-electron chi connectivity index (χ4n) is 1.92. The van der Waals surface area contributed by atoms with E-state index in [0.29, 0.717) is 23.8 Å². The van der Waals surface area contributed by atoms with E-state index in [1.54, 1.807) is 42.5 Å². The number of hydrogen-bond donors (Lipinski definition) is 1. The van der Waals surface area contributed by atoms with Crippen LogP contribution in [0.3, 0.4) is 0 Å². The van der Waals surface area contributed by atoms with Gasteiger partial charge >= 0.3 is 0 Å². The van der Waals surface area contributed by atoms with Crippen LogP contribution in [0.2, 0.25) is 0 Å². The third kappa shape index (κ3) is 3.07. The van der Waals surface area contributed by atoms with Crippen LogP contribution in [0, 0.1) is 0 Å². The zero-order valence-electron chi connectivity index (χ0n) is 11.5. The van der Waals surface area contributed by atoms with Gasteiger partial charge in [-0.1, -0.05) is 0 Å². The lowest BCUT2D eigenvalue weighted by molar-refractivity contribution is -0.132. The highest BCUT2D eigenvalue weighted by molar-refractivity contribution is 5.77. The van der Waals surface area contributed by atoms with Crippen molar-refractivity contribution in [1.82, 2.24) is 14.9 Å². The molecule has 0 unspecified atom stereocenters. The number of fused-ring (bicyclic) bond motifs is 1. The van der Waals surface area contributed by atoms with Crippen molar-refractivity contribution in [2.75, 3.05) is 20.4 Å². The molecule has 2 aromatic rings. The molecule has 7 heteroatoms. The quantitative estimate of drug-likeness (QED) is 0.894. The highest BCUT2D eigenvalue weighted by Gasteiger charge is 2.15. The first-order valence-corrected chi connectivity index (χ1v) is 6.47. The fourth-order valence-corrected chi connectivity index (χ4v) is 1.92. The number of aromatic nitrogens is 2. The summed E-state index contributed by atoms with van der Waals surface area (Å²) in [5.41, 5.74) is 0. The van der Waals surface area contributed by atoms with Crippen LogP contribution in [0.1, 0.15) is 5.82 Å².